The number of hydrogen-bond acceptors (Lipinski definition) is 3. The highest BCUT2D eigenvalue weighted by Gasteiger charge is 2.28. The Morgan fingerprint density at radius 3 is 2.50 bits per heavy atom. The summed E-state index contributed by atoms with van der Waals surface area (Å²) >= 11 is 0. The van der Waals surface area contributed by atoms with Crippen molar-refractivity contribution in [2.24, 2.45) is 10.7 Å². The van der Waals surface area contributed by atoms with E-state index >= 15 is 0 Å². The molecule has 0 atom stereocenters. The highest BCUT2D eigenvalue weighted by Crippen LogP contribution is 2.15. The van der Waals surface area contributed by atoms with Gasteiger partial charge in [-0.25, -0.2) is 8.42 Å². The SMILES string of the molecule is CCc1cccc(NC(N)=NCCS(=O)(=O)C(C)(C)C)c1.I. The molecule has 0 saturated carbocycles. The highest BCUT2D eigenvalue weighted by atomic mass is 127. The molecule has 0 aliphatic rings. The molecule has 1 aromatic rings. The first kappa shape index (κ1) is 21.2. The normalized spacial score (nSPS) is 12.6. The van der Waals surface area contributed by atoms with Crippen LogP contribution in [0.3, 0.4) is 0 Å². The summed E-state index contributed by atoms with van der Waals surface area (Å²) in [6.45, 7) is 7.29. The topological polar surface area (TPSA) is 84.5 Å². The summed E-state index contributed by atoms with van der Waals surface area (Å²) in [4.78, 5) is 4.08. The first-order chi connectivity index (χ1) is 9.65. The van der Waals surface area contributed by atoms with E-state index in [1.165, 1.54) is 5.56 Å². The molecule has 0 aromatic heterocycles. The smallest absolute Gasteiger partial charge is 0.193 e. The number of aryl methyl sites for hydroxylation is 1. The Hall–Kier alpha value is -0.830. The Bertz CT molecular complexity index is 607. The second-order valence-corrected chi connectivity index (χ2v) is 8.74. The summed E-state index contributed by atoms with van der Waals surface area (Å²) in [7, 11) is -3.17. The number of hydrogen-bond donors (Lipinski definition) is 2. The molecule has 0 aliphatic carbocycles. The van der Waals surface area contributed by atoms with Gasteiger partial charge in [0, 0.05) is 5.69 Å². The standard InChI is InChI=1S/C15H25N3O2S.HI/c1-5-12-7-6-8-13(11-12)18-14(16)17-9-10-21(19,20)15(2,3)4;/h6-8,11H,5,9-10H2,1-4H3,(H3,16,17,18);1H. The van der Waals surface area contributed by atoms with Crippen LogP contribution in [0.1, 0.15) is 33.3 Å². The lowest BCUT2D eigenvalue weighted by Crippen LogP contribution is -2.32. The fraction of sp³-hybridized carbons (Fsp3) is 0.533. The minimum absolute atomic E-state index is 0. The third kappa shape index (κ3) is 6.51. The summed E-state index contributed by atoms with van der Waals surface area (Å²) in [6.07, 6.45) is 0.941. The molecule has 0 bridgehead atoms. The lowest BCUT2D eigenvalue weighted by molar-refractivity contribution is 0.560. The molecule has 0 amide bonds. The molecule has 0 saturated heterocycles. The number of sulfone groups is 1. The van der Waals surface area contributed by atoms with Crippen molar-refractivity contribution in [2.45, 2.75) is 38.9 Å². The largest absolute Gasteiger partial charge is 0.370 e. The number of anilines is 1. The molecule has 0 fully saturated rings. The predicted octanol–water partition coefficient (Wildman–Crippen LogP) is 2.81. The number of nitrogens with zero attached hydrogens (tertiary/aromatic N) is 1. The molecule has 3 N–H and O–H groups in total. The minimum Gasteiger partial charge on any atom is -0.370 e. The van der Waals surface area contributed by atoms with Crippen LogP contribution in [0.5, 0.6) is 0 Å². The molecule has 0 spiro atoms. The lowest BCUT2D eigenvalue weighted by atomic mass is 10.1. The number of halogens is 1. The van der Waals surface area contributed by atoms with Gasteiger partial charge < -0.3 is 11.1 Å². The van der Waals surface area contributed by atoms with E-state index < -0.39 is 14.6 Å². The molecule has 126 valence electrons. The second-order valence-electron chi connectivity index (χ2n) is 5.88. The van der Waals surface area contributed by atoms with Crippen LogP contribution in [-0.4, -0.2) is 31.4 Å². The number of nitrogens with two attached hydrogens (primary N) is 1. The quantitative estimate of drug-likeness (QED) is 0.420. The highest BCUT2D eigenvalue weighted by molar-refractivity contribution is 14.0. The van der Waals surface area contributed by atoms with E-state index in [0.29, 0.717) is 0 Å². The maximum atomic E-state index is 11.9. The fourth-order valence-corrected chi connectivity index (χ4v) is 2.59. The Morgan fingerprint density at radius 2 is 1.95 bits per heavy atom. The van der Waals surface area contributed by atoms with Gasteiger partial charge in [0.25, 0.3) is 0 Å². The van der Waals surface area contributed by atoms with E-state index in [4.69, 9.17) is 5.73 Å². The number of guanidine groups is 1. The van der Waals surface area contributed by atoms with Gasteiger partial charge in [0.1, 0.15) is 0 Å². The van der Waals surface area contributed by atoms with Crippen LogP contribution >= 0.6 is 24.0 Å². The van der Waals surface area contributed by atoms with E-state index in [1.54, 1.807) is 20.8 Å². The van der Waals surface area contributed by atoms with Crippen LogP contribution in [0.4, 0.5) is 5.69 Å². The van der Waals surface area contributed by atoms with Gasteiger partial charge in [-0.05, 0) is 44.9 Å². The first-order valence-electron chi connectivity index (χ1n) is 7.04. The molecular weight excluding hydrogens is 413 g/mol. The molecule has 5 nitrogen and oxygen atoms in total. The third-order valence-corrected chi connectivity index (χ3v) is 5.77. The Morgan fingerprint density at radius 1 is 1.32 bits per heavy atom. The second kappa shape index (κ2) is 8.71. The molecule has 0 aliphatic heterocycles. The molecule has 22 heavy (non-hydrogen) atoms. The average Bonchev–Trinajstić information content (AvgIpc) is 2.37. The molecular formula is C15H26IN3O2S. The van der Waals surface area contributed by atoms with Crippen LogP contribution in [0.2, 0.25) is 0 Å². The van der Waals surface area contributed by atoms with Crippen LogP contribution in [0, 0.1) is 0 Å². The maximum Gasteiger partial charge on any atom is 0.193 e. The zero-order valence-electron chi connectivity index (χ0n) is 13.6. The van der Waals surface area contributed by atoms with Crippen molar-refractivity contribution >= 4 is 45.5 Å². The zero-order chi connectivity index (χ0) is 16.1. The molecule has 0 heterocycles. The zero-order valence-corrected chi connectivity index (χ0v) is 16.7. The summed E-state index contributed by atoms with van der Waals surface area (Å²) in [5.74, 6) is 0.223. The monoisotopic (exact) mass is 439 g/mol. The maximum absolute atomic E-state index is 11.9. The summed E-state index contributed by atoms with van der Waals surface area (Å²) < 4.78 is 23.1. The molecule has 7 heteroatoms. The van der Waals surface area contributed by atoms with Gasteiger partial charge in [-0.1, -0.05) is 19.1 Å². The fourth-order valence-electron chi connectivity index (χ4n) is 1.65. The van der Waals surface area contributed by atoms with Gasteiger partial charge in [-0.3, -0.25) is 4.99 Å². The number of rotatable bonds is 5. The number of aliphatic imine (C=N–C) groups is 1. The number of nitrogens with one attached hydrogen (secondary N) is 1. The van der Waals surface area contributed by atoms with Gasteiger partial charge in [-0.2, -0.15) is 0 Å². The van der Waals surface area contributed by atoms with E-state index in [-0.39, 0.29) is 42.2 Å². The Kier molecular flexibility index (Phi) is 8.38. The van der Waals surface area contributed by atoms with Crippen molar-refractivity contribution in [1.29, 1.82) is 0 Å². The van der Waals surface area contributed by atoms with Crippen molar-refractivity contribution in [3.63, 3.8) is 0 Å². The van der Waals surface area contributed by atoms with Crippen molar-refractivity contribution in [1.82, 2.24) is 0 Å². The first-order valence-corrected chi connectivity index (χ1v) is 8.69. The minimum atomic E-state index is -3.17. The predicted molar refractivity (Wildman–Crippen MR) is 105 cm³/mol. The summed E-state index contributed by atoms with van der Waals surface area (Å²) in [6, 6.07) is 7.87. The van der Waals surface area contributed by atoms with E-state index in [9.17, 15) is 8.42 Å². The summed E-state index contributed by atoms with van der Waals surface area (Å²) in [5.41, 5.74) is 7.83. The van der Waals surface area contributed by atoms with Crippen LogP contribution in [0.15, 0.2) is 29.3 Å². The van der Waals surface area contributed by atoms with Gasteiger partial charge >= 0.3 is 0 Å². The van der Waals surface area contributed by atoms with Crippen molar-refractivity contribution in [3.05, 3.63) is 29.8 Å². The van der Waals surface area contributed by atoms with Crippen LogP contribution < -0.4 is 11.1 Å². The number of benzene rings is 1. The molecule has 1 aromatic carbocycles. The Balaban J connectivity index is 0.00000441. The molecule has 0 radical (unpaired) electrons. The van der Waals surface area contributed by atoms with Crippen LogP contribution in [0.25, 0.3) is 0 Å². The van der Waals surface area contributed by atoms with Gasteiger partial charge in [0.05, 0.1) is 17.0 Å². The van der Waals surface area contributed by atoms with Crippen molar-refractivity contribution in [3.8, 4) is 0 Å². The lowest BCUT2D eigenvalue weighted by Gasteiger charge is -2.18. The van der Waals surface area contributed by atoms with Gasteiger partial charge in [0.2, 0.25) is 0 Å². The average molecular weight is 439 g/mol. The van der Waals surface area contributed by atoms with Crippen LogP contribution in [-0.2, 0) is 16.3 Å². The van der Waals surface area contributed by atoms with Gasteiger partial charge in [0.15, 0.2) is 15.8 Å². The van der Waals surface area contributed by atoms with E-state index in [0.717, 1.165) is 12.1 Å². The Labute approximate surface area is 150 Å². The van der Waals surface area contributed by atoms with E-state index in [1.807, 2.05) is 24.3 Å². The molecule has 1 rings (SSSR count). The van der Waals surface area contributed by atoms with Crippen molar-refractivity contribution < 1.29 is 8.42 Å². The molecule has 0 unspecified atom stereocenters. The van der Waals surface area contributed by atoms with Crippen molar-refractivity contribution in [2.75, 3.05) is 17.6 Å². The van der Waals surface area contributed by atoms with Gasteiger partial charge in [-0.15, -0.1) is 24.0 Å². The third-order valence-electron chi connectivity index (χ3n) is 3.18. The summed E-state index contributed by atoms with van der Waals surface area (Å²) in [5, 5.41) is 2.97. The van der Waals surface area contributed by atoms with E-state index in [2.05, 4.69) is 17.2 Å².